The monoisotopic (exact) mass is 461 g/mol. The van der Waals surface area contributed by atoms with Crippen molar-refractivity contribution in [3.8, 4) is 11.5 Å². The smallest absolute Gasteiger partial charge is 0.329 e. The molecular weight excluding hydrogens is 435 g/mol. The fraction of sp³-hybridized carbons (Fsp3) is 0.333. The van der Waals surface area contributed by atoms with Crippen molar-refractivity contribution in [1.82, 2.24) is 14.5 Å². The fourth-order valence-corrected chi connectivity index (χ4v) is 4.54. The zero-order valence-electron chi connectivity index (χ0n) is 19.0. The summed E-state index contributed by atoms with van der Waals surface area (Å²) in [5.74, 6) is 0.767. The first kappa shape index (κ1) is 23.9. The number of hydrogen-bond acceptors (Lipinski definition) is 3. The number of pyridine rings is 1. The van der Waals surface area contributed by atoms with Crippen LogP contribution in [0.4, 0.5) is 13.2 Å². The molecule has 0 aliphatic rings. The van der Waals surface area contributed by atoms with Gasteiger partial charge in [-0.25, -0.2) is 4.98 Å². The van der Waals surface area contributed by atoms with Crippen molar-refractivity contribution >= 4 is 27.6 Å². The number of imidazole rings is 1. The van der Waals surface area contributed by atoms with Gasteiger partial charge in [0.15, 0.2) is 5.82 Å². The summed E-state index contributed by atoms with van der Waals surface area (Å²) in [5.41, 5.74) is 2.00. The summed E-state index contributed by atoms with van der Waals surface area (Å²) in [7, 11) is 0.382. The van der Waals surface area contributed by atoms with E-state index < -0.39 is 22.5 Å². The molecule has 0 fully saturated rings. The zero-order chi connectivity index (χ0) is 23.8. The summed E-state index contributed by atoms with van der Waals surface area (Å²) in [6.07, 6.45) is -0.665. The van der Waals surface area contributed by atoms with Crippen LogP contribution in [0.25, 0.3) is 28.4 Å². The van der Waals surface area contributed by atoms with Gasteiger partial charge in [0.1, 0.15) is 5.69 Å². The predicted molar refractivity (Wildman–Crippen MR) is 124 cm³/mol. The van der Waals surface area contributed by atoms with Crippen LogP contribution in [-0.2, 0) is 17.8 Å². The second kappa shape index (κ2) is 9.02. The number of aromatic nitrogens is 3. The Morgan fingerprint density at radius 3 is 2.50 bits per heavy atom. The second-order valence-corrected chi connectivity index (χ2v) is 9.62. The Hall–Kier alpha value is -2.74. The normalized spacial score (nSPS) is 13.5. The number of benzene rings is 1. The van der Waals surface area contributed by atoms with Crippen LogP contribution in [0.1, 0.15) is 37.7 Å². The van der Waals surface area contributed by atoms with Gasteiger partial charge in [0.2, 0.25) is 0 Å². The molecule has 0 amide bonds. The second-order valence-electron chi connectivity index (χ2n) is 7.95. The molecule has 0 aliphatic heterocycles. The number of aryl methyl sites for hydroxylation is 1. The molecule has 2 aromatic heterocycles. The van der Waals surface area contributed by atoms with Gasteiger partial charge in [-0.15, -0.1) is 0 Å². The zero-order valence-corrected chi connectivity index (χ0v) is 19.8. The summed E-state index contributed by atoms with van der Waals surface area (Å²) < 4.78 is 55.4. The molecule has 0 radical (unpaired) electrons. The molecule has 170 valence electrons. The van der Waals surface area contributed by atoms with Crippen molar-refractivity contribution < 1.29 is 17.4 Å². The molecule has 2 heterocycles. The molecule has 1 aromatic carbocycles. The Balaban J connectivity index is 2.29. The van der Waals surface area contributed by atoms with Gasteiger partial charge in [0, 0.05) is 35.5 Å². The predicted octanol–water partition coefficient (Wildman–Crippen LogP) is 6.29. The molecular formula is C24H26F3N3OS. The van der Waals surface area contributed by atoms with Crippen molar-refractivity contribution in [2.75, 3.05) is 5.75 Å². The van der Waals surface area contributed by atoms with Crippen molar-refractivity contribution in [1.29, 1.82) is 0 Å². The summed E-state index contributed by atoms with van der Waals surface area (Å²) in [6.45, 7) is 8.72. The summed E-state index contributed by atoms with van der Waals surface area (Å²) in [4.78, 5) is 9.60. The number of hydrogen-bond donors (Lipinski definition) is 0. The third-order valence-corrected chi connectivity index (χ3v) is 6.58. The highest BCUT2D eigenvalue weighted by atomic mass is 32.2. The number of halogens is 3. The van der Waals surface area contributed by atoms with Crippen molar-refractivity contribution in [3.63, 3.8) is 0 Å². The molecule has 0 N–H and O–H groups in total. The fourth-order valence-electron chi connectivity index (χ4n) is 3.46. The minimum Gasteiger partial charge on any atom is -0.329 e. The SMILES string of the molecule is CCS(=O)c1c(-c2nc(/C=C(\C=C(C)C)C(F)(F)F)c(C)n2C)ncc2cc(C)ccc12. The molecule has 0 saturated carbocycles. The maximum atomic E-state index is 13.6. The summed E-state index contributed by atoms with van der Waals surface area (Å²) in [5, 5.41) is 1.67. The topological polar surface area (TPSA) is 47.8 Å². The maximum Gasteiger partial charge on any atom is 0.416 e. The van der Waals surface area contributed by atoms with Crippen LogP contribution in [0.3, 0.4) is 0 Å². The highest BCUT2D eigenvalue weighted by Gasteiger charge is 2.32. The lowest BCUT2D eigenvalue weighted by molar-refractivity contribution is -0.0873. The highest BCUT2D eigenvalue weighted by Crippen LogP contribution is 2.34. The van der Waals surface area contributed by atoms with Gasteiger partial charge in [0.25, 0.3) is 0 Å². The van der Waals surface area contributed by atoms with Gasteiger partial charge < -0.3 is 4.57 Å². The van der Waals surface area contributed by atoms with Gasteiger partial charge in [-0.3, -0.25) is 9.19 Å². The third-order valence-electron chi connectivity index (χ3n) is 5.18. The molecule has 1 atom stereocenters. The number of allylic oxidation sites excluding steroid dienone is 3. The Morgan fingerprint density at radius 1 is 1.22 bits per heavy atom. The van der Waals surface area contributed by atoms with Gasteiger partial charge in [-0.05, 0) is 39.8 Å². The van der Waals surface area contributed by atoms with E-state index in [4.69, 9.17) is 0 Å². The maximum absolute atomic E-state index is 13.6. The molecule has 32 heavy (non-hydrogen) atoms. The first-order chi connectivity index (χ1) is 14.9. The average molecular weight is 462 g/mol. The van der Waals surface area contributed by atoms with E-state index in [1.165, 1.54) is 0 Å². The molecule has 0 bridgehead atoms. The number of fused-ring (bicyclic) bond motifs is 1. The molecule has 0 aliphatic carbocycles. The van der Waals surface area contributed by atoms with Crippen LogP contribution < -0.4 is 0 Å². The first-order valence-corrected chi connectivity index (χ1v) is 11.5. The van der Waals surface area contributed by atoms with Crippen LogP contribution in [-0.4, -0.2) is 30.7 Å². The minimum atomic E-state index is -4.50. The lowest BCUT2D eigenvalue weighted by Gasteiger charge is -2.12. The van der Waals surface area contributed by atoms with Crippen molar-refractivity contribution in [2.24, 2.45) is 7.05 Å². The van der Waals surface area contributed by atoms with E-state index >= 15 is 0 Å². The van der Waals surface area contributed by atoms with Crippen LogP contribution in [0, 0.1) is 13.8 Å². The largest absolute Gasteiger partial charge is 0.416 e. The highest BCUT2D eigenvalue weighted by molar-refractivity contribution is 7.85. The molecule has 3 aromatic rings. The van der Waals surface area contributed by atoms with Gasteiger partial charge in [0.05, 0.1) is 27.0 Å². The Kier molecular flexibility index (Phi) is 6.74. The van der Waals surface area contributed by atoms with Gasteiger partial charge >= 0.3 is 6.18 Å². The Bertz CT molecular complexity index is 1270. The van der Waals surface area contributed by atoms with Crippen molar-refractivity contribution in [3.05, 3.63) is 58.6 Å². The average Bonchev–Trinajstić information content (AvgIpc) is 2.99. The van der Waals surface area contributed by atoms with Gasteiger partial charge in [-0.1, -0.05) is 36.3 Å². The third kappa shape index (κ3) is 4.70. The first-order valence-electron chi connectivity index (χ1n) is 10.2. The van der Waals surface area contributed by atoms with Crippen LogP contribution in [0.15, 0.2) is 46.5 Å². The van der Waals surface area contributed by atoms with Crippen LogP contribution in [0.5, 0.6) is 0 Å². The van der Waals surface area contributed by atoms with E-state index in [1.807, 2.05) is 32.0 Å². The minimum absolute atomic E-state index is 0.200. The molecule has 8 heteroatoms. The lowest BCUT2D eigenvalue weighted by atomic mass is 10.1. The van der Waals surface area contributed by atoms with E-state index in [2.05, 4.69) is 9.97 Å². The van der Waals surface area contributed by atoms with Gasteiger partial charge in [-0.2, -0.15) is 13.2 Å². The summed E-state index contributed by atoms with van der Waals surface area (Å²) >= 11 is 0. The molecule has 0 saturated heterocycles. The van der Waals surface area contributed by atoms with E-state index in [-0.39, 0.29) is 5.69 Å². The lowest BCUT2D eigenvalue weighted by Crippen LogP contribution is -2.10. The van der Waals surface area contributed by atoms with E-state index in [1.54, 1.807) is 38.6 Å². The Morgan fingerprint density at radius 2 is 1.91 bits per heavy atom. The van der Waals surface area contributed by atoms with Crippen LogP contribution in [0.2, 0.25) is 0 Å². The van der Waals surface area contributed by atoms with E-state index in [9.17, 15) is 17.4 Å². The number of rotatable bonds is 5. The molecule has 0 spiro atoms. The molecule has 1 unspecified atom stereocenters. The quantitative estimate of drug-likeness (QED) is 0.420. The standard InChI is InChI=1S/C24H26F3N3OS/c1-7-32(31)22-19-9-8-15(4)11-17(19)13-28-21(22)23-29-20(16(5)30(23)6)12-18(10-14(2)3)24(25,26)27/h8-13H,7H2,1-6H3/b18-12+. The number of nitrogens with zero attached hydrogens (tertiary/aromatic N) is 3. The summed E-state index contributed by atoms with van der Waals surface area (Å²) in [6, 6.07) is 5.82. The van der Waals surface area contributed by atoms with Crippen molar-refractivity contribution in [2.45, 2.75) is 45.7 Å². The van der Waals surface area contributed by atoms with E-state index in [0.717, 1.165) is 28.5 Å². The molecule has 4 nitrogen and oxygen atoms in total. The van der Waals surface area contributed by atoms with E-state index in [0.29, 0.717) is 33.4 Å². The number of alkyl halides is 3. The Labute approximate surface area is 188 Å². The van der Waals surface area contributed by atoms with Crippen LogP contribution >= 0.6 is 0 Å². The molecule has 3 rings (SSSR count).